The maximum Gasteiger partial charge on any atom is 0.331 e. The molecular weight excluding hydrogens is 634 g/mol. The molecule has 0 radical (unpaired) electrons. The highest BCUT2D eigenvalue weighted by Gasteiger charge is 2.15. The van der Waals surface area contributed by atoms with Crippen molar-refractivity contribution in [3.8, 4) is 0 Å². The highest BCUT2D eigenvalue weighted by atomic mass is 16.4. The Kier molecular flexibility index (Phi) is 35.5. The largest absolute Gasteiger partial charge is 0.478 e. The maximum absolute atomic E-state index is 12.2. The highest BCUT2D eigenvalue weighted by Crippen LogP contribution is 2.26. The Morgan fingerprint density at radius 2 is 0.667 bits per heavy atom. The third-order valence-electron chi connectivity index (χ3n) is 10.6. The van der Waals surface area contributed by atoms with Crippen LogP contribution in [0.1, 0.15) is 227 Å². The Balaban J connectivity index is 4.59. The molecule has 0 unspecified atom stereocenters. The summed E-state index contributed by atoms with van der Waals surface area (Å²) < 4.78 is 0. The summed E-state index contributed by atoms with van der Waals surface area (Å²) >= 11 is 0. The third-order valence-corrected chi connectivity index (χ3v) is 10.6. The first kappa shape index (κ1) is 49.3. The van der Waals surface area contributed by atoms with Crippen molar-refractivity contribution in [3.05, 3.63) is 22.3 Å². The molecule has 0 atom stereocenters. The SMILES string of the molecule is CCCCCCC/C(CCCC)=C(\CCCCCCCN(CCCO)CCCCCCC/C(C(=O)O)=C(/CCCC)CCCCCCC)C(=O)O. The fourth-order valence-corrected chi connectivity index (χ4v) is 7.35. The van der Waals surface area contributed by atoms with Gasteiger partial charge in [0.15, 0.2) is 0 Å². The van der Waals surface area contributed by atoms with Crippen molar-refractivity contribution in [1.82, 2.24) is 4.90 Å². The van der Waals surface area contributed by atoms with Gasteiger partial charge in [-0.25, -0.2) is 9.59 Å². The van der Waals surface area contributed by atoms with Crippen molar-refractivity contribution in [2.24, 2.45) is 0 Å². The number of aliphatic carboxylic acids is 2. The minimum Gasteiger partial charge on any atom is -0.478 e. The summed E-state index contributed by atoms with van der Waals surface area (Å²) in [6.07, 6.45) is 33.6. The quantitative estimate of drug-likeness (QED) is 0.0432. The molecule has 0 fully saturated rings. The Bertz CT molecular complexity index is 827. The molecule has 6 heteroatoms. The standard InChI is InChI=1S/C45H85NO5/c1-5-9-13-17-23-32-40(30-11-7-3)42(44(48)49)34-25-19-15-21-27-36-46(38-29-39-47)37-28-22-16-20-26-35-43(45(50)51)41(31-12-8-4)33-24-18-14-10-6-2/h47H,5-39H2,1-4H3,(H,48,49)(H,50,51)/b42-40+,43-41+. The number of rotatable bonds is 39. The van der Waals surface area contributed by atoms with Crippen molar-refractivity contribution in [2.75, 3.05) is 26.2 Å². The van der Waals surface area contributed by atoms with Crippen LogP contribution in [0.25, 0.3) is 0 Å². The van der Waals surface area contributed by atoms with Gasteiger partial charge in [-0.05, 0) is 109 Å². The van der Waals surface area contributed by atoms with Crippen molar-refractivity contribution in [3.63, 3.8) is 0 Å². The number of unbranched alkanes of at least 4 members (excludes halogenated alkanes) is 18. The van der Waals surface area contributed by atoms with E-state index >= 15 is 0 Å². The van der Waals surface area contributed by atoms with Gasteiger partial charge in [0.25, 0.3) is 0 Å². The van der Waals surface area contributed by atoms with Gasteiger partial charge in [-0.15, -0.1) is 0 Å². The number of hydrogen-bond donors (Lipinski definition) is 3. The zero-order valence-electron chi connectivity index (χ0n) is 34.4. The summed E-state index contributed by atoms with van der Waals surface area (Å²) in [4.78, 5) is 26.9. The Labute approximate surface area is 316 Å². The van der Waals surface area contributed by atoms with Crippen LogP contribution < -0.4 is 0 Å². The second-order valence-electron chi connectivity index (χ2n) is 15.3. The van der Waals surface area contributed by atoms with Gasteiger partial charge in [0.1, 0.15) is 0 Å². The Morgan fingerprint density at radius 3 is 1.02 bits per heavy atom. The molecule has 0 heterocycles. The van der Waals surface area contributed by atoms with Gasteiger partial charge in [-0.3, -0.25) is 0 Å². The first-order chi connectivity index (χ1) is 24.9. The van der Waals surface area contributed by atoms with E-state index in [0.29, 0.717) is 24.0 Å². The zero-order chi connectivity index (χ0) is 37.8. The van der Waals surface area contributed by atoms with Crippen LogP contribution in [0.5, 0.6) is 0 Å². The number of carboxylic acid groups (broad SMARTS) is 2. The van der Waals surface area contributed by atoms with Crippen LogP contribution in [-0.2, 0) is 9.59 Å². The summed E-state index contributed by atoms with van der Waals surface area (Å²) in [7, 11) is 0. The minimum absolute atomic E-state index is 0.229. The van der Waals surface area contributed by atoms with Crippen molar-refractivity contribution in [2.45, 2.75) is 227 Å². The Hall–Kier alpha value is -1.66. The topological polar surface area (TPSA) is 98.1 Å². The second kappa shape index (κ2) is 36.7. The number of allylic oxidation sites excluding steroid dienone is 2. The van der Waals surface area contributed by atoms with Gasteiger partial charge >= 0.3 is 11.9 Å². The second-order valence-corrected chi connectivity index (χ2v) is 15.3. The molecule has 0 spiro atoms. The lowest BCUT2D eigenvalue weighted by Gasteiger charge is -2.22. The van der Waals surface area contributed by atoms with E-state index < -0.39 is 11.9 Å². The first-order valence-electron chi connectivity index (χ1n) is 22.1. The van der Waals surface area contributed by atoms with E-state index in [1.807, 2.05) is 0 Å². The zero-order valence-corrected chi connectivity index (χ0v) is 34.4. The average Bonchev–Trinajstić information content (AvgIpc) is 3.11. The predicted molar refractivity (Wildman–Crippen MR) is 219 cm³/mol. The van der Waals surface area contributed by atoms with Crippen molar-refractivity contribution < 1.29 is 24.9 Å². The Morgan fingerprint density at radius 1 is 0.373 bits per heavy atom. The van der Waals surface area contributed by atoms with Gasteiger partial charge in [-0.2, -0.15) is 0 Å². The molecule has 0 rings (SSSR count). The molecule has 0 aromatic rings. The molecule has 51 heavy (non-hydrogen) atoms. The fraction of sp³-hybridized carbons (Fsp3) is 0.867. The molecule has 0 aliphatic heterocycles. The van der Waals surface area contributed by atoms with Crippen molar-refractivity contribution in [1.29, 1.82) is 0 Å². The summed E-state index contributed by atoms with van der Waals surface area (Å²) in [5, 5.41) is 29.5. The molecule has 0 saturated heterocycles. The van der Waals surface area contributed by atoms with E-state index in [9.17, 15) is 24.9 Å². The van der Waals surface area contributed by atoms with Gasteiger partial charge in [0.2, 0.25) is 0 Å². The number of aliphatic hydroxyl groups excluding tert-OH is 1. The van der Waals surface area contributed by atoms with Gasteiger partial charge in [0.05, 0.1) is 0 Å². The molecule has 0 aromatic carbocycles. The van der Waals surface area contributed by atoms with Crippen LogP contribution in [-0.4, -0.2) is 58.4 Å². The smallest absolute Gasteiger partial charge is 0.331 e. The van der Waals surface area contributed by atoms with E-state index in [4.69, 9.17) is 0 Å². The monoisotopic (exact) mass is 720 g/mol. The lowest BCUT2D eigenvalue weighted by atomic mass is 9.93. The van der Waals surface area contributed by atoms with Gasteiger partial charge in [0, 0.05) is 24.3 Å². The summed E-state index contributed by atoms with van der Waals surface area (Å²) in [5.41, 5.74) is 3.83. The number of carboxylic acids is 2. The van der Waals surface area contributed by atoms with E-state index in [-0.39, 0.29) is 6.61 Å². The number of aliphatic hydroxyl groups is 1. The number of carbonyl (C=O) groups is 2. The molecule has 6 nitrogen and oxygen atoms in total. The maximum atomic E-state index is 12.2. The van der Waals surface area contributed by atoms with E-state index in [2.05, 4.69) is 32.6 Å². The van der Waals surface area contributed by atoms with Crippen LogP contribution in [0.15, 0.2) is 22.3 Å². The van der Waals surface area contributed by atoms with Crippen LogP contribution in [0.4, 0.5) is 0 Å². The number of nitrogens with zero attached hydrogens (tertiary/aromatic N) is 1. The van der Waals surface area contributed by atoms with E-state index in [1.165, 1.54) is 75.4 Å². The summed E-state index contributed by atoms with van der Waals surface area (Å²) in [5.74, 6) is -1.40. The molecule has 0 aliphatic carbocycles. The predicted octanol–water partition coefficient (Wildman–Crippen LogP) is 13.2. The van der Waals surface area contributed by atoms with Crippen LogP contribution in [0, 0.1) is 0 Å². The molecule has 0 aliphatic rings. The highest BCUT2D eigenvalue weighted by molar-refractivity contribution is 5.88. The van der Waals surface area contributed by atoms with Crippen molar-refractivity contribution >= 4 is 11.9 Å². The number of hydrogen-bond acceptors (Lipinski definition) is 4. The van der Waals surface area contributed by atoms with Crippen LogP contribution in [0.2, 0.25) is 0 Å². The van der Waals surface area contributed by atoms with Crippen LogP contribution in [0.3, 0.4) is 0 Å². The molecule has 300 valence electrons. The average molecular weight is 720 g/mol. The summed E-state index contributed by atoms with van der Waals surface area (Å²) in [6, 6.07) is 0. The lowest BCUT2D eigenvalue weighted by Crippen LogP contribution is -2.27. The van der Waals surface area contributed by atoms with Crippen LogP contribution >= 0.6 is 0 Å². The minimum atomic E-state index is -0.698. The molecular formula is C45H85NO5. The molecule has 0 aromatic heterocycles. The summed E-state index contributed by atoms with van der Waals surface area (Å²) in [6.45, 7) is 12.1. The molecule has 0 amide bonds. The lowest BCUT2D eigenvalue weighted by molar-refractivity contribution is -0.133. The van der Waals surface area contributed by atoms with E-state index in [0.717, 1.165) is 142 Å². The van der Waals surface area contributed by atoms with Gasteiger partial charge < -0.3 is 20.2 Å². The molecule has 0 saturated carbocycles. The van der Waals surface area contributed by atoms with Gasteiger partial charge in [-0.1, -0.05) is 142 Å². The van der Waals surface area contributed by atoms with E-state index in [1.54, 1.807) is 0 Å². The molecule has 3 N–H and O–H groups in total. The molecule has 0 bridgehead atoms. The third kappa shape index (κ3) is 28.5. The normalized spacial score (nSPS) is 12.7. The first-order valence-corrected chi connectivity index (χ1v) is 22.1. The fourth-order valence-electron chi connectivity index (χ4n) is 7.35.